The number of piperidine rings is 1. The van der Waals surface area contributed by atoms with Crippen molar-refractivity contribution in [1.82, 2.24) is 4.90 Å². The van der Waals surface area contributed by atoms with Gasteiger partial charge in [0.05, 0.1) is 0 Å². The van der Waals surface area contributed by atoms with Crippen LogP contribution in [0, 0.1) is 5.41 Å². The molecule has 0 spiro atoms. The fourth-order valence-corrected chi connectivity index (χ4v) is 3.79. The quantitative estimate of drug-likeness (QED) is 0.603. The molecule has 1 N–H and O–H groups in total. The first-order chi connectivity index (χ1) is 10.8. The van der Waals surface area contributed by atoms with E-state index in [1.807, 2.05) is 6.07 Å². The summed E-state index contributed by atoms with van der Waals surface area (Å²) in [5.74, 6) is 0.765. The summed E-state index contributed by atoms with van der Waals surface area (Å²) in [5, 5.41) is 8.41. The van der Waals surface area contributed by atoms with Crippen molar-refractivity contribution in [1.29, 1.82) is 5.41 Å². The topological polar surface area (TPSA) is 27.1 Å². The molecule has 0 amide bonds. The molecule has 2 nitrogen and oxygen atoms in total. The van der Waals surface area contributed by atoms with Crippen LogP contribution in [0.2, 0.25) is 0 Å². The average Bonchev–Trinajstić information content (AvgIpc) is 2.58. The average molecular weight is 347 g/mol. The molecule has 1 aliphatic rings. The summed E-state index contributed by atoms with van der Waals surface area (Å²) in [7, 11) is 0. The molecular weight excluding hydrogens is 324 g/mol. The molecule has 0 unspecified atom stereocenters. The number of nitrogens with one attached hydrogen (secondary N) is 1. The lowest BCUT2D eigenvalue weighted by atomic mass is 10.1. The van der Waals surface area contributed by atoms with Crippen LogP contribution in [0.4, 0.5) is 0 Å². The maximum absolute atomic E-state index is 8.41. The summed E-state index contributed by atoms with van der Waals surface area (Å²) >= 11 is 1.79. The van der Waals surface area contributed by atoms with Gasteiger partial charge in [-0.25, -0.2) is 0 Å². The number of benzene rings is 2. The lowest BCUT2D eigenvalue weighted by Gasteiger charge is -2.29. The normalized spacial score (nSPS) is 14.2. The summed E-state index contributed by atoms with van der Waals surface area (Å²) in [6.45, 7) is 2.10. The Morgan fingerprint density at radius 2 is 1.57 bits per heavy atom. The highest BCUT2D eigenvalue weighted by atomic mass is 35.5. The summed E-state index contributed by atoms with van der Waals surface area (Å²) in [6, 6.07) is 18.9. The lowest BCUT2D eigenvalue weighted by Crippen LogP contribution is -2.36. The minimum Gasteiger partial charge on any atom is -0.360 e. The maximum atomic E-state index is 8.41. The van der Waals surface area contributed by atoms with Gasteiger partial charge >= 0.3 is 0 Å². The second kappa shape index (κ2) is 8.99. The molecule has 3 rings (SSSR count). The van der Waals surface area contributed by atoms with E-state index in [-0.39, 0.29) is 12.4 Å². The van der Waals surface area contributed by atoms with E-state index < -0.39 is 0 Å². The second-order valence-electron chi connectivity index (χ2n) is 5.69. The second-order valence-corrected chi connectivity index (χ2v) is 6.81. The van der Waals surface area contributed by atoms with E-state index in [4.69, 9.17) is 5.41 Å². The van der Waals surface area contributed by atoms with Crippen LogP contribution in [0.5, 0.6) is 0 Å². The van der Waals surface area contributed by atoms with Gasteiger partial charge in [-0.2, -0.15) is 0 Å². The zero-order chi connectivity index (χ0) is 15.2. The fraction of sp³-hybridized carbons (Fsp3) is 0.316. The molecule has 0 radical (unpaired) electrons. The van der Waals surface area contributed by atoms with Gasteiger partial charge in [-0.1, -0.05) is 48.2 Å². The van der Waals surface area contributed by atoms with Crippen LogP contribution in [-0.4, -0.2) is 23.8 Å². The Bertz CT molecular complexity index is 624. The monoisotopic (exact) mass is 346 g/mol. The summed E-state index contributed by atoms with van der Waals surface area (Å²) < 4.78 is 0. The van der Waals surface area contributed by atoms with Gasteiger partial charge in [0.25, 0.3) is 0 Å². The van der Waals surface area contributed by atoms with Crippen molar-refractivity contribution in [2.24, 2.45) is 0 Å². The summed E-state index contributed by atoms with van der Waals surface area (Å²) in [6.07, 6.45) is 4.49. The first kappa shape index (κ1) is 17.9. The molecule has 0 aromatic heterocycles. The van der Waals surface area contributed by atoms with Crippen molar-refractivity contribution in [2.45, 2.75) is 35.5 Å². The van der Waals surface area contributed by atoms with Crippen LogP contribution in [0.25, 0.3) is 0 Å². The predicted molar refractivity (Wildman–Crippen MR) is 101 cm³/mol. The Morgan fingerprint density at radius 3 is 2.30 bits per heavy atom. The molecule has 23 heavy (non-hydrogen) atoms. The minimum atomic E-state index is 0. The SMILES string of the molecule is Cl.N=C(Cc1ccccc1Sc1ccccc1)N1CCCCC1. The molecule has 1 aliphatic heterocycles. The highest BCUT2D eigenvalue weighted by Crippen LogP contribution is 2.30. The Labute approximate surface area is 149 Å². The van der Waals surface area contributed by atoms with Gasteiger partial charge in [-0.15, -0.1) is 12.4 Å². The van der Waals surface area contributed by atoms with Crippen molar-refractivity contribution >= 4 is 30.0 Å². The van der Waals surface area contributed by atoms with Gasteiger partial charge in [0.2, 0.25) is 0 Å². The van der Waals surface area contributed by atoms with Crippen molar-refractivity contribution in [3.05, 3.63) is 60.2 Å². The van der Waals surface area contributed by atoms with Crippen molar-refractivity contribution in [3.63, 3.8) is 0 Å². The van der Waals surface area contributed by atoms with Crippen molar-refractivity contribution < 1.29 is 0 Å². The van der Waals surface area contributed by atoms with Crippen LogP contribution >= 0.6 is 24.2 Å². The number of amidine groups is 1. The standard InChI is InChI=1S/C19H22N2S.ClH/c20-19(21-13-7-2-8-14-21)15-16-9-5-6-12-18(16)22-17-10-3-1-4-11-17;/h1,3-6,9-12,20H,2,7-8,13-15H2;1H. The first-order valence-electron chi connectivity index (χ1n) is 7.96. The molecule has 0 atom stereocenters. The Balaban J connectivity index is 0.00000192. The van der Waals surface area contributed by atoms with Crippen LogP contribution in [0.15, 0.2) is 64.4 Å². The number of hydrogen-bond donors (Lipinski definition) is 1. The van der Waals surface area contributed by atoms with Gasteiger partial charge in [-0.05, 0) is 43.0 Å². The Hall–Kier alpha value is -1.45. The third-order valence-electron chi connectivity index (χ3n) is 4.04. The smallest absolute Gasteiger partial charge is 0.100 e. The minimum absolute atomic E-state index is 0. The molecule has 2 aromatic carbocycles. The molecule has 1 fully saturated rings. The third kappa shape index (κ3) is 5.02. The largest absolute Gasteiger partial charge is 0.360 e. The van der Waals surface area contributed by atoms with E-state index in [1.165, 1.54) is 34.6 Å². The highest BCUT2D eigenvalue weighted by molar-refractivity contribution is 7.99. The molecule has 1 heterocycles. The Kier molecular flexibility index (Phi) is 7.00. The van der Waals surface area contributed by atoms with E-state index in [0.717, 1.165) is 25.3 Å². The van der Waals surface area contributed by atoms with Gasteiger partial charge in [0.15, 0.2) is 0 Å². The number of likely N-dealkylation sites (tertiary alicyclic amines) is 1. The first-order valence-corrected chi connectivity index (χ1v) is 8.78. The molecule has 1 saturated heterocycles. The molecule has 0 saturated carbocycles. The van der Waals surface area contributed by atoms with Gasteiger partial charge in [0, 0.05) is 29.3 Å². The van der Waals surface area contributed by atoms with E-state index in [1.54, 1.807) is 11.8 Å². The van der Waals surface area contributed by atoms with E-state index in [2.05, 4.69) is 53.4 Å². The number of nitrogens with zero attached hydrogens (tertiary/aromatic N) is 1. The summed E-state index contributed by atoms with van der Waals surface area (Å²) in [4.78, 5) is 4.75. The lowest BCUT2D eigenvalue weighted by molar-refractivity contribution is 0.336. The maximum Gasteiger partial charge on any atom is 0.100 e. The zero-order valence-electron chi connectivity index (χ0n) is 13.2. The molecular formula is C19H23ClN2S. The van der Waals surface area contributed by atoms with Gasteiger partial charge < -0.3 is 4.90 Å². The van der Waals surface area contributed by atoms with Crippen LogP contribution < -0.4 is 0 Å². The predicted octanol–water partition coefficient (Wildman–Crippen LogP) is 5.27. The fourth-order valence-electron chi connectivity index (χ4n) is 2.82. The third-order valence-corrected chi connectivity index (χ3v) is 5.17. The molecule has 4 heteroatoms. The number of rotatable bonds is 4. The molecule has 0 aliphatic carbocycles. The highest BCUT2D eigenvalue weighted by Gasteiger charge is 2.15. The van der Waals surface area contributed by atoms with Crippen LogP contribution in [0.1, 0.15) is 24.8 Å². The Morgan fingerprint density at radius 1 is 0.913 bits per heavy atom. The van der Waals surface area contributed by atoms with E-state index in [9.17, 15) is 0 Å². The summed E-state index contributed by atoms with van der Waals surface area (Å²) in [5.41, 5.74) is 1.26. The van der Waals surface area contributed by atoms with Gasteiger partial charge in [-0.3, -0.25) is 5.41 Å². The molecule has 2 aromatic rings. The number of hydrogen-bond acceptors (Lipinski definition) is 2. The van der Waals surface area contributed by atoms with Crippen molar-refractivity contribution in [2.75, 3.05) is 13.1 Å². The zero-order valence-corrected chi connectivity index (χ0v) is 14.8. The molecule has 0 bridgehead atoms. The van der Waals surface area contributed by atoms with Crippen LogP contribution in [0.3, 0.4) is 0 Å². The van der Waals surface area contributed by atoms with Gasteiger partial charge in [0.1, 0.15) is 5.84 Å². The van der Waals surface area contributed by atoms with E-state index in [0.29, 0.717) is 0 Å². The molecule has 122 valence electrons. The number of halogens is 1. The van der Waals surface area contributed by atoms with Crippen molar-refractivity contribution in [3.8, 4) is 0 Å². The van der Waals surface area contributed by atoms with Crippen LogP contribution in [-0.2, 0) is 6.42 Å². The van der Waals surface area contributed by atoms with E-state index >= 15 is 0 Å².